The Morgan fingerprint density at radius 1 is 1.16 bits per heavy atom. The van der Waals surface area contributed by atoms with Crippen molar-refractivity contribution in [2.45, 2.75) is 11.2 Å². The highest BCUT2D eigenvalue weighted by molar-refractivity contribution is 9.10. The summed E-state index contributed by atoms with van der Waals surface area (Å²) < 4.78 is 27.7. The second-order valence-electron chi connectivity index (χ2n) is 4.07. The van der Waals surface area contributed by atoms with Crippen LogP contribution in [0, 0.1) is 11.6 Å². The molecule has 0 nitrogen and oxygen atoms in total. The fraction of sp³-hybridized carbons (Fsp3) is 0.143. The molecule has 0 aliphatic rings. The summed E-state index contributed by atoms with van der Waals surface area (Å²) in [4.78, 5) is -0.214. The largest absolute Gasteiger partial charge is 0.207 e. The van der Waals surface area contributed by atoms with Crippen LogP contribution in [0.15, 0.2) is 40.9 Å². The summed E-state index contributed by atoms with van der Waals surface area (Å²) in [7, 11) is 0. The van der Waals surface area contributed by atoms with Gasteiger partial charge in [-0.25, -0.2) is 8.78 Å². The molecule has 0 radical (unpaired) electrons. The molecule has 0 saturated carbocycles. The van der Waals surface area contributed by atoms with Gasteiger partial charge in [-0.2, -0.15) is 0 Å². The van der Waals surface area contributed by atoms with E-state index in [0.29, 0.717) is 21.5 Å². The van der Waals surface area contributed by atoms with E-state index >= 15 is 0 Å². The number of benzene rings is 2. The van der Waals surface area contributed by atoms with E-state index in [1.807, 2.05) is 0 Å². The molecule has 0 amide bonds. The second kappa shape index (κ2) is 6.33. The van der Waals surface area contributed by atoms with Gasteiger partial charge in [-0.15, -0.1) is 0 Å². The Hall–Kier alpha value is -0.450. The molecule has 0 N–H and O–H groups in total. The lowest BCUT2D eigenvalue weighted by Gasteiger charge is -2.13. The van der Waals surface area contributed by atoms with Gasteiger partial charge in [0.1, 0.15) is 11.6 Å². The maximum atomic E-state index is 13.7. The average Bonchev–Trinajstić information content (AvgIpc) is 2.32. The van der Waals surface area contributed by atoms with E-state index < -0.39 is 0 Å². The van der Waals surface area contributed by atoms with Gasteiger partial charge >= 0.3 is 0 Å². The van der Waals surface area contributed by atoms with Crippen molar-refractivity contribution in [2.24, 2.45) is 0 Å². The predicted octanol–water partition coefficient (Wildman–Crippen LogP) is 6.06. The van der Waals surface area contributed by atoms with Gasteiger partial charge in [-0.05, 0) is 42.3 Å². The lowest BCUT2D eigenvalue weighted by Crippen LogP contribution is -2.00. The minimum Gasteiger partial charge on any atom is -0.207 e. The molecule has 0 aromatic heterocycles. The topological polar surface area (TPSA) is 0 Å². The first-order valence-electron chi connectivity index (χ1n) is 5.50. The first kappa shape index (κ1) is 14.9. The molecule has 19 heavy (non-hydrogen) atoms. The first-order valence-corrected chi connectivity index (χ1v) is 7.59. The normalized spacial score (nSPS) is 12.5. The van der Waals surface area contributed by atoms with Crippen molar-refractivity contribution in [1.82, 2.24) is 0 Å². The van der Waals surface area contributed by atoms with Gasteiger partial charge in [-0.3, -0.25) is 0 Å². The van der Waals surface area contributed by atoms with Crippen LogP contribution in [-0.2, 0) is 6.42 Å². The molecule has 0 saturated heterocycles. The fourth-order valence-corrected chi connectivity index (χ4v) is 3.09. The second-order valence-corrected chi connectivity index (χ2v) is 6.50. The Morgan fingerprint density at radius 3 is 2.53 bits per heavy atom. The zero-order valence-corrected chi connectivity index (χ0v) is 13.6. The predicted molar refractivity (Wildman–Crippen MR) is 80.9 cm³/mol. The minimum absolute atomic E-state index is 0.214. The Labute approximate surface area is 132 Å². The van der Waals surface area contributed by atoms with Crippen LogP contribution in [0.1, 0.15) is 16.0 Å². The van der Waals surface area contributed by atoms with Crippen molar-refractivity contribution in [3.05, 3.63) is 68.7 Å². The smallest absolute Gasteiger partial charge is 0.127 e. The summed E-state index contributed by atoms with van der Waals surface area (Å²) >= 11 is 12.7. The first-order chi connectivity index (χ1) is 8.97. The lowest BCUT2D eigenvalue weighted by atomic mass is 10.0. The zero-order chi connectivity index (χ0) is 14.0. The molecule has 1 atom stereocenters. The molecule has 0 aliphatic heterocycles. The van der Waals surface area contributed by atoms with Gasteiger partial charge in [0.2, 0.25) is 0 Å². The summed E-state index contributed by atoms with van der Waals surface area (Å²) in [6.45, 7) is 0. The monoisotopic (exact) mass is 408 g/mol. The van der Waals surface area contributed by atoms with Crippen molar-refractivity contribution < 1.29 is 8.78 Å². The van der Waals surface area contributed by atoms with Crippen LogP contribution < -0.4 is 0 Å². The quantitative estimate of drug-likeness (QED) is 0.540. The maximum absolute atomic E-state index is 13.7. The SMILES string of the molecule is Fc1cc(Br)cc(C(Br)Cc2c(F)cccc2Cl)c1. The van der Waals surface area contributed by atoms with Crippen LogP contribution in [0.5, 0.6) is 0 Å². The molecule has 0 heterocycles. The maximum Gasteiger partial charge on any atom is 0.127 e. The fourth-order valence-electron chi connectivity index (χ4n) is 1.78. The molecule has 2 aromatic rings. The van der Waals surface area contributed by atoms with E-state index in [4.69, 9.17) is 11.6 Å². The minimum atomic E-state index is -0.354. The van der Waals surface area contributed by atoms with Crippen molar-refractivity contribution >= 4 is 43.5 Å². The van der Waals surface area contributed by atoms with Gasteiger partial charge in [0.25, 0.3) is 0 Å². The third-order valence-electron chi connectivity index (χ3n) is 2.69. The number of hydrogen-bond acceptors (Lipinski definition) is 0. The van der Waals surface area contributed by atoms with Gasteiger partial charge in [-0.1, -0.05) is 49.5 Å². The van der Waals surface area contributed by atoms with Crippen molar-refractivity contribution in [2.75, 3.05) is 0 Å². The highest BCUT2D eigenvalue weighted by Gasteiger charge is 2.15. The number of rotatable bonds is 3. The molecular formula is C14H9Br2ClF2. The standard InChI is InChI=1S/C14H9Br2ClF2/c15-9-4-8(5-10(18)6-9)12(16)7-11-13(17)2-1-3-14(11)19/h1-6,12H,7H2. The molecule has 2 aromatic carbocycles. The van der Waals surface area contributed by atoms with E-state index in [-0.39, 0.29) is 16.5 Å². The van der Waals surface area contributed by atoms with E-state index in [0.717, 1.165) is 5.56 Å². The van der Waals surface area contributed by atoms with E-state index in [1.165, 1.54) is 18.2 Å². The summed E-state index contributed by atoms with van der Waals surface area (Å²) in [5.41, 5.74) is 1.15. The van der Waals surface area contributed by atoms with Crippen LogP contribution in [0.2, 0.25) is 5.02 Å². The molecule has 0 bridgehead atoms. The Morgan fingerprint density at radius 2 is 1.89 bits per heavy atom. The molecule has 2 rings (SSSR count). The third-order valence-corrected chi connectivity index (χ3v) is 4.36. The molecular weight excluding hydrogens is 401 g/mol. The molecule has 0 fully saturated rings. The van der Waals surface area contributed by atoms with Crippen molar-refractivity contribution in [3.8, 4) is 0 Å². The van der Waals surface area contributed by atoms with E-state index in [1.54, 1.807) is 18.2 Å². The molecule has 1 unspecified atom stereocenters. The van der Waals surface area contributed by atoms with Crippen molar-refractivity contribution in [3.63, 3.8) is 0 Å². The molecule has 0 spiro atoms. The Kier molecular flexibility index (Phi) is 4.98. The molecule has 0 aliphatic carbocycles. The van der Waals surface area contributed by atoms with E-state index in [9.17, 15) is 8.78 Å². The van der Waals surface area contributed by atoms with E-state index in [2.05, 4.69) is 31.9 Å². The summed E-state index contributed by atoms with van der Waals surface area (Å²) in [6, 6.07) is 9.14. The van der Waals surface area contributed by atoms with Crippen LogP contribution in [0.4, 0.5) is 8.78 Å². The van der Waals surface area contributed by atoms with Crippen molar-refractivity contribution in [1.29, 1.82) is 0 Å². The average molecular weight is 410 g/mol. The Bertz CT molecular complexity index is 561. The highest BCUT2D eigenvalue weighted by atomic mass is 79.9. The van der Waals surface area contributed by atoms with Crippen LogP contribution in [0.25, 0.3) is 0 Å². The molecule has 5 heteroatoms. The summed E-state index contributed by atoms with van der Waals surface area (Å²) in [5.74, 6) is -0.694. The highest BCUT2D eigenvalue weighted by Crippen LogP contribution is 2.32. The third kappa shape index (κ3) is 3.77. The summed E-state index contributed by atoms with van der Waals surface area (Å²) in [6.07, 6.45) is 0.349. The van der Waals surface area contributed by atoms with Gasteiger partial charge < -0.3 is 0 Å². The van der Waals surface area contributed by atoms with Gasteiger partial charge in [0, 0.05) is 19.9 Å². The number of halogens is 5. The molecule has 100 valence electrons. The number of alkyl halides is 1. The van der Waals surface area contributed by atoms with Crippen LogP contribution >= 0.6 is 43.5 Å². The number of hydrogen-bond donors (Lipinski definition) is 0. The van der Waals surface area contributed by atoms with Gasteiger partial charge in [0.05, 0.1) is 0 Å². The van der Waals surface area contributed by atoms with Crippen LogP contribution in [0.3, 0.4) is 0 Å². The van der Waals surface area contributed by atoms with Crippen LogP contribution in [-0.4, -0.2) is 0 Å². The summed E-state index contributed by atoms with van der Waals surface area (Å²) in [5, 5.41) is 0.375. The zero-order valence-electron chi connectivity index (χ0n) is 9.64. The van der Waals surface area contributed by atoms with Gasteiger partial charge in [0.15, 0.2) is 0 Å². The Balaban J connectivity index is 2.28. The lowest BCUT2D eigenvalue weighted by molar-refractivity contribution is 0.607.